The summed E-state index contributed by atoms with van der Waals surface area (Å²) in [4.78, 5) is 23.2. The number of carbonyl (C=O) groups is 2. The van der Waals surface area contributed by atoms with E-state index in [-0.39, 0.29) is 17.8 Å². The minimum absolute atomic E-state index is 0.00638. The lowest BCUT2D eigenvalue weighted by Crippen LogP contribution is -2.16. The van der Waals surface area contributed by atoms with Crippen LogP contribution in [0.15, 0.2) is 48.5 Å². The summed E-state index contributed by atoms with van der Waals surface area (Å²) in [7, 11) is 0. The number of Topliss-reactive ketones (excluding diaryl/α,β-unsaturated/α-hetero) is 1. The van der Waals surface area contributed by atoms with Gasteiger partial charge in [-0.3, -0.25) is 9.59 Å². The smallest absolute Gasteiger partial charge is 0.226 e. The van der Waals surface area contributed by atoms with Crippen molar-refractivity contribution in [3.8, 4) is 5.75 Å². The van der Waals surface area contributed by atoms with Crippen molar-refractivity contribution in [2.45, 2.75) is 33.3 Å². The van der Waals surface area contributed by atoms with Crippen molar-refractivity contribution in [1.29, 1.82) is 0 Å². The van der Waals surface area contributed by atoms with E-state index in [1.165, 1.54) is 6.92 Å². The Morgan fingerprint density at radius 1 is 0.960 bits per heavy atom. The zero-order valence-electron chi connectivity index (χ0n) is 14.8. The Labute approximate surface area is 148 Å². The van der Waals surface area contributed by atoms with E-state index < -0.39 is 0 Å². The number of hydrogen-bond donors (Lipinski definition) is 2. The number of anilines is 2. The predicted molar refractivity (Wildman–Crippen MR) is 100 cm³/mol. The normalized spacial score (nSPS) is 10.4. The molecule has 1 amide bonds. The lowest BCUT2D eigenvalue weighted by molar-refractivity contribution is -0.115. The molecule has 132 valence electrons. The second-order valence-electron chi connectivity index (χ2n) is 6.05. The fourth-order valence-electron chi connectivity index (χ4n) is 2.26. The number of ether oxygens (including phenoxy) is 1. The molecule has 0 saturated heterocycles. The molecular weight excluding hydrogens is 316 g/mol. The monoisotopic (exact) mass is 340 g/mol. The predicted octanol–water partition coefficient (Wildman–Crippen LogP) is 4.12. The summed E-state index contributed by atoms with van der Waals surface area (Å²) in [6.45, 7) is 6.01. The van der Waals surface area contributed by atoms with Crippen LogP contribution in [0.25, 0.3) is 0 Å². The van der Waals surface area contributed by atoms with Crippen LogP contribution < -0.4 is 15.4 Å². The van der Waals surface area contributed by atoms with Gasteiger partial charge in [-0.1, -0.05) is 0 Å². The van der Waals surface area contributed by atoms with E-state index in [2.05, 4.69) is 10.6 Å². The SMILES string of the molecule is CC(=O)c1ccc(NC(=O)CCNc2ccc(OC(C)C)cc2)cc1. The van der Waals surface area contributed by atoms with Crippen molar-refractivity contribution in [2.24, 2.45) is 0 Å². The van der Waals surface area contributed by atoms with Crippen molar-refractivity contribution >= 4 is 23.1 Å². The van der Waals surface area contributed by atoms with Crippen LogP contribution in [0.4, 0.5) is 11.4 Å². The molecule has 2 N–H and O–H groups in total. The van der Waals surface area contributed by atoms with Gasteiger partial charge in [-0.25, -0.2) is 0 Å². The van der Waals surface area contributed by atoms with Gasteiger partial charge in [-0.2, -0.15) is 0 Å². The molecule has 0 atom stereocenters. The molecule has 0 heterocycles. The molecule has 0 aliphatic carbocycles. The number of benzene rings is 2. The number of carbonyl (C=O) groups excluding carboxylic acids is 2. The molecule has 25 heavy (non-hydrogen) atoms. The van der Waals surface area contributed by atoms with E-state index in [0.29, 0.717) is 24.2 Å². The van der Waals surface area contributed by atoms with Crippen molar-refractivity contribution in [3.05, 3.63) is 54.1 Å². The highest BCUT2D eigenvalue weighted by molar-refractivity contribution is 5.95. The average Bonchev–Trinajstić information content (AvgIpc) is 2.56. The molecule has 0 spiro atoms. The number of rotatable bonds is 8. The molecule has 0 bridgehead atoms. The highest BCUT2D eigenvalue weighted by Gasteiger charge is 2.04. The van der Waals surface area contributed by atoms with Crippen molar-refractivity contribution in [1.82, 2.24) is 0 Å². The standard InChI is InChI=1S/C20H24N2O3/c1-14(2)25-19-10-8-17(9-11-19)21-13-12-20(24)22-18-6-4-16(5-7-18)15(3)23/h4-11,14,21H,12-13H2,1-3H3,(H,22,24). The van der Waals surface area contributed by atoms with Gasteiger partial charge in [0.05, 0.1) is 6.10 Å². The van der Waals surface area contributed by atoms with Gasteiger partial charge >= 0.3 is 0 Å². The summed E-state index contributed by atoms with van der Waals surface area (Å²) >= 11 is 0. The van der Waals surface area contributed by atoms with E-state index in [0.717, 1.165) is 11.4 Å². The minimum atomic E-state index is -0.0807. The maximum Gasteiger partial charge on any atom is 0.226 e. The average molecular weight is 340 g/mol. The van der Waals surface area contributed by atoms with Crippen molar-refractivity contribution in [2.75, 3.05) is 17.2 Å². The summed E-state index contributed by atoms with van der Waals surface area (Å²) in [5.74, 6) is 0.752. The second-order valence-corrected chi connectivity index (χ2v) is 6.05. The third kappa shape index (κ3) is 6.30. The second kappa shape index (κ2) is 8.87. The Morgan fingerprint density at radius 3 is 2.12 bits per heavy atom. The number of amides is 1. The Morgan fingerprint density at radius 2 is 1.56 bits per heavy atom. The van der Waals surface area contributed by atoms with E-state index in [9.17, 15) is 9.59 Å². The van der Waals surface area contributed by atoms with Gasteiger partial charge in [-0.05, 0) is 69.3 Å². The molecule has 5 heteroatoms. The summed E-state index contributed by atoms with van der Waals surface area (Å²) in [5, 5.41) is 6.02. The summed E-state index contributed by atoms with van der Waals surface area (Å²) in [5.41, 5.74) is 2.25. The van der Waals surface area contributed by atoms with Gasteiger partial charge in [0.1, 0.15) is 5.75 Å². The Kier molecular flexibility index (Phi) is 6.57. The first-order valence-corrected chi connectivity index (χ1v) is 8.35. The van der Waals surface area contributed by atoms with E-state index in [4.69, 9.17) is 4.74 Å². The van der Waals surface area contributed by atoms with Crippen molar-refractivity contribution < 1.29 is 14.3 Å². The molecule has 0 saturated carbocycles. The first-order valence-electron chi connectivity index (χ1n) is 8.35. The Balaban J connectivity index is 1.75. The molecule has 5 nitrogen and oxygen atoms in total. The molecule has 0 aliphatic rings. The zero-order chi connectivity index (χ0) is 18.2. The van der Waals surface area contributed by atoms with E-state index >= 15 is 0 Å². The molecule has 0 radical (unpaired) electrons. The Bertz CT molecular complexity index is 707. The number of nitrogens with one attached hydrogen (secondary N) is 2. The maximum absolute atomic E-state index is 12.0. The molecule has 0 fully saturated rings. The molecular formula is C20H24N2O3. The van der Waals surface area contributed by atoms with Crippen LogP contribution in [-0.2, 0) is 4.79 Å². The molecule has 0 unspecified atom stereocenters. The van der Waals surface area contributed by atoms with Gasteiger partial charge < -0.3 is 15.4 Å². The third-order valence-corrected chi connectivity index (χ3v) is 3.48. The van der Waals surface area contributed by atoms with Crippen LogP contribution in [-0.4, -0.2) is 24.3 Å². The van der Waals surface area contributed by atoms with Crippen LogP contribution in [0.1, 0.15) is 37.6 Å². The fourth-order valence-corrected chi connectivity index (χ4v) is 2.26. The number of hydrogen-bond acceptors (Lipinski definition) is 4. The first-order chi connectivity index (χ1) is 11.9. The van der Waals surface area contributed by atoms with Gasteiger partial charge in [0.2, 0.25) is 5.91 Å². The topological polar surface area (TPSA) is 67.4 Å². The van der Waals surface area contributed by atoms with Gasteiger partial charge in [0.25, 0.3) is 0 Å². The van der Waals surface area contributed by atoms with Crippen LogP contribution in [0, 0.1) is 0 Å². The lowest BCUT2D eigenvalue weighted by atomic mass is 10.1. The molecule has 2 aromatic rings. The van der Waals surface area contributed by atoms with E-state index in [1.54, 1.807) is 24.3 Å². The molecule has 0 aliphatic heterocycles. The third-order valence-electron chi connectivity index (χ3n) is 3.48. The van der Waals surface area contributed by atoms with E-state index in [1.807, 2.05) is 38.1 Å². The Hall–Kier alpha value is -2.82. The zero-order valence-corrected chi connectivity index (χ0v) is 14.8. The quantitative estimate of drug-likeness (QED) is 0.710. The maximum atomic E-state index is 12.0. The van der Waals surface area contributed by atoms with Crippen LogP contribution in [0.3, 0.4) is 0 Å². The van der Waals surface area contributed by atoms with Gasteiger partial charge in [-0.15, -0.1) is 0 Å². The van der Waals surface area contributed by atoms with Gasteiger partial charge in [0.15, 0.2) is 5.78 Å². The van der Waals surface area contributed by atoms with Gasteiger partial charge in [0, 0.05) is 29.9 Å². The summed E-state index contributed by atoms with van der Waals surface area (Å²) in [6.07, 6.45) is 0.491. The molecule has 2 rings (SSSR count). The molecule has 2 aromatic carbocycles. The highest BCUT2D eigenvalue weighted by Crippen LogP contribution is 2.17. The largest absolute Gasteiger partial charge is 0.491 e. The lowest BCUT2D eigenvalue weighted by Gasteiger charge is -2.11. The molecule has 0 aromatic heterocycles. The number of ketones is 1. The summed E-state index contributed by atoms with van der Waals surface area (Å²) in [6, 6.07) is 14.5. The summed E-state index contributed by atoms with van der Waals surface area (Å²) < 4.78 is 5.59. The van der Waals surface area contributed by atoms with Crippen molar-refractivity contribution in [3.63, 3.8) is 0 Å². The minimum Gasteiger partial charge on any atom is -0.491 e. The van der Waals surface area contributed by atoms with Crippen LogP contribution in [0.5, 0.6) is 5.75 Å². The first kappa shape index (κ1) is 18.5. The fraction of sp³-hybridized carbons (Fsp3) is 0.300. The highest BCUT2D eigenvalue weighted by atomic mass is 16.5. The van der Waals surface area contributed by atoms with Crippen LogP contribution >= 0.6 is 0 Å². The van der Waals surface area contributed by atoms with Crippen LogP contribution in [0.2, 0.25) is 0 Å².